The lowest BCUT2D eigenvalue weighted by Crippen LogP contribution is -2.38. The fraction of sp³-hybridized carbons (Fsp3) is 0.500. The van der Waals surface area contributed by atoms with Gasteiger partial charge in [-0.1, -0.05) is 18.9 Å². The molecule has 1 aliphatic carbocycles. The van der Waals surface area contributed by atoms with Gasteiger partial charge in [0.1, 0.15) is 5.82 Å². The molecule has 1 saturated carbocycles. The largest absolute Gasteiger partial charge is 0.336 e. The first-order valence-corrected chi connectivity index (χ1v) is 9.51. The van der Waals surface area contributed by atoms with Crippen LogP contribution in [-0.4, -0.2) is 53.6 Å². The zero-order valence-corrected chi connectivity index (χ0v) is 15.8. The molecule has 8 heteroatoms. The first-order chi connectivity index (χ1) is 13.4. The smallest absolute Gasteiger partial charge is 0.243 e. The Hall–Kier alpha value is -2.77. The van der Waals surface area contributed by atoms with E-state index in [9.17, 15) is 23.6 Å². The summed E-state index contributed by atoms with van der Waals surface area (Å²) in [7, 11) is 1.47. The molecule has 1 N–H and O–H groups in total. The topological polar surface area (TPSA) is 86.8 Å². The van der Waals surface area contributed by atoms with Gasteiger partial charge in [0.2, 0.25) is 23.6 Å². The second-order valence-electron chi connectivity index (χ2n) is 7.38. The summed E-state index contributed by atoms with van der Waals surface area (Å²) in [6, 6.07) is 5.47. The molecule has 1 aromatic carbocycles. The number of likely N-dealkylation sites (tertiary alicyclic amines) is 1. The number of anilines is 1. The van der Waals surface area contributed by atoms with Gasteiger partial charge in [-0.3, -0.25) is 24.1 Å². The van der Waals surface area contributed by atoms with Crippen LogP contribution in [0.25, 0.3) is 0 Å². The highest BCUT2D eigenvalue weighted by Crippen LogP contribution is 2.37. The highest BCUT2D eigenvalue weighted by atomic mass is 19.1. The normalized spacial score (nSPS) is 21.4. The maximum Gasteiger partial charge on any atom is 0.243 e. The summed E-state index contributed by atoms with van der Waals surface area (Å²) in [6.45, 7) is -0.165. The summed E-state index contributed by atoms with van der Waals surface area (Å²) in [5.74, 6) is -2.08. The summed E-state index contributed by atoms with van der Waals surface area (Å²) in [5, 5.41) is 2.52. The van der Waals surface area contributed by atoms with Crippen LogP contribution in [0.5, 0.6) is 0 Å². The number of nitrogens with zero attached hydrogens (tertiary/aromatic N) is 2. The molecule has 0 unspecified atom stereocenters. The number of rotatable bonds is 6. The number of hydrogen-bond donors (Lipinski definition) is 1. The van der Waals surface area contributed by atoms with E-state index in [-0.39, 0.29) is 49.1 Å². The van der Waals surface area contributed by atoms with Gasteiger partial charge in [-0.25, -0.2) is 4.39 Å². The number of imide groups is 1. The Morgan fingerprint density at radius 2 is 1.82 bits per heavy atom. The van der Waals surface area contributed by atoms with E-state index in [2.05, 4.69) is 5.32 Å². The zero-order valence-electron chi connectivity index (χ0n) is 15.8. The van der Waals surface area contributed by atoms with Crippen LogP contribution in [0.1, 0.15) is 32.1 Å². The zero-order chi connectivity index (χ0) is 20.3. The number of amides is 4. The third kappa shape index (κ3) is 4.37. The van der Waals surface area contributed by atoms with E-state index in [1.165, 1.54) is 35.0 Å². The van der Waals surface area contributed by atoms with Crippen LogP contribution < -0.4 is 5.32 Å². The average Bonchev–Trinajstić information content (AvgIpc) is 2.90. The number of halogens is 1. The quantitative estimate of drug-likeness (QED) is 0.752. The first kappa shape index (κ1) is 20.0. The molecule has 1 aromatic rings. The Bertz CT molecular complexity index is 773. The number of fused-ring (bicyclic) bond motifs is 1. The molecular weight excluding hydrogens is 365 g/mol. The maximum atomic E-state index is 13.2. The molecule has 3 rings (SSSR count). The summed E-state index contributed by atoms with van der Waals surface area (Å²) in [6.07, 6.45) is 3.35. The van der Waals surface area contributed by atoms with Crippen LogP contribution in [0, 0.1) is 17.7 Å². The fourth-order valence-electron chi connectivity index (χ4n) is 3.92. The van der Waals surface area contributed by atoms with E-state index in [0.717, 1.165) is 25.7 Å². The van der Waals surface area contributed by atoms with Gasteiger partial charge in [-0.15, -0.1) is 0 Å². The van der Waals surface area contributed by atoms with E-state index in [1.807, 2.05) is 0 Å². The van der Waals surface area contributed by atoms with E-state index in [1.54, 1.807) is 6.07 Å². The van der Waals surface area contributed by atoms with Gasteiger partial charge < -0.3 is 10.2 Å². The lowest BCUT2D eigenvalue weighted by Gasteiger charge is -2.19. The number of likely N-dealkylation sites (N-methyl/N-ethyl adjacent to an activating group) is 1. The van der Waals surface area contributed by atoms with Crippen molar-refractivity contribution in [3.8, 4) is 0 Å². The molecule has 1 saturated heterocycles. The van der Waals surface area contributed by atoms with Crippen molar-refractivity contribution in [1.82, 2.24) is 9.80 Å². The van der Waals surface area contributed by atoms with Crippen LogP contribution >= 0.6 is 0 Å². The molecule has 0 radical (unpaired) electrons. The minimum absolute atomic E-state index is 0.0271. The minimum Gasteiger partial charge on any atom is -0.336 e. The highest BCUT2D eigenvalue weighted by molar-refractivity contribution is 6.05. The predicted octanol–water partition coefficient (Wildman–Crippen LogP) is 1.79. The van der Waals surface area contributed by atoms with Crippen LogP contribution in [0.4, 0.5) is 10.1 Å². The Balaban J connectivity index is 1.48. The van der Waals surface area contributed by atoms with Crippen LogP contribution in [0.15, 0.2) is 24.3 Å². The fourth-order valence-corrected chi connectivity index (χ4v) is 3.92. The number of hydrogen-bond acceptors (Lipinski definition) is 4. The lowest BCUT2D eigenvalue weighted by atomic mass is 9.81. The summed E-state index contributed by atoms with van der Waals surface area (Å²) in [4.78, 5) is 51.6. The third-order valence-corrected chi connectivity index (χ3v) is 5.40. The van der Waals surface area contributed by atoms with E-state index >= 15 is 0 Å². The molecule has 28 heavy (non-hydrogen) atoms. The van der Waals surface area contributed by atoms with Gasteiger partial charge in [-0.2, -0.15) is 0 Å². The van der Waals surface area contributed by atoms with Crippen molar-refractivity contribution >= 4 is 29.3 Å². The molecule has 4 amide bonds. The Morgan fingerprint density at radius 1 is 1.18 bits per heavy atom. The van der Waals surface area contributed by atoms with Crippen LogP contribution in [0.2, 0.25) is 0 Å². The Labute approximate surface area is 162 Å². The van der Waals surface area contributed by atoms with E-state index in [4.69, 9.17) is 0 Å². The van der Waals surface area contributed by atoms with Gasteiger partial charge in [-0.05, 0) is 31.0 Å². The number of carbonyl (C=O) groups excluding carboxylic acids is 4. The molecule has 150 valence electrons. The molecule has 0 bridgehead atoms. The third-order valence-electron chi connectivity index (χ3n) is 5.40. The van der Waals surface area contributed by atoms with Gasteiger partial charge >= 0.3 is 0 Å². The SMILES string of the molecule is CN(CC(=O)Nc1cccc(F)c1)C(=O)CCN1C(=O)[C@H]2CCCC[C@@H]2C1=O. The molecule has 7 nitrogen and oxygen atoms in total. The van der Waals surface area contributed by atoms with Crippen molar-refractivity contribution in [1.29, 1.82) is 0 Å². The van der Waals surface area contributed by atoms with Crippen molar-refractivity contribution in [2.24, 2.45) is 11.8 Å². The molecule has 0 spiro atoms. The number of carbonyl (C=O) groups is 4. The molecule has 1 aliphatic heterocycles. The minimum atomic E-state index is -0.470. The van der Waals surface area contributed by atoms with Gasteiger partial charge in [0.15, 0.2) is 0 Å². The van der Waals surface area contributed by atoms with Crippen molar-refractivity contribution in [2.45, 2.75) is 32.1 Å². The standard InChI is InChI=1S/C20H24FN3O4/c1-23(12-17(25)22-14-6-4-5-13(21)11-14)18(26)9-10-24-19(27)15-7-2-3-8-16(15)20(24)28/h4-6,11,15-16H,2-3,7-10,12H2,1H3,(H,22,25)/t15-,16-/m0/s1. The average molecular weight is 389 g/mol. The first-order valence-electron chi connectivity index (χ1n) is 9.51. The molecule has 2 aliphatic rings. The van der Waals surface area contributed by atoms with Crippen molar-refractivity contribution < 1.29 is 23.6 Å². The monoisotopic (exact) mass is 389 g/mol. The summed E-state index contributed by atoms with van der Waals surface area (Å²) < 4.78 is 13.2. The van der Waals surface area contributed by atoms with E-state index < -0.39 is 11.7 Å². The van der Waals surface area contributed by atoms with Gasteiger partial charge in [0.05, 0.1) is 18.4 Å². The second kappa shape index (κ2) is 8.50. The molecule has 0 aromatic heterocycles. The Kier molecular flexibility index (Phi) is 6.06. The van der Waals surface area contributed by atoms with E-state index in [0.29, 0.717) is 5.69 Å². The van der Waals surface area contributed by atoms with Crippen molar-refractivity contribution in [3.05, 3.63) is 30.1 Å². The van der Waals surface area contributed by atoms with Crippen molar-refractivity contribution in [2.75, 3.05) is 25.5 Å². The number of nitrogens with one attached hydrogen (secondary N) is 1. The van der Waals surface area contributed by atoms with Crippen molar-refractivity contribution in [3.63, 3.8) is 0 Å². The highest BCUT2D eigenvalue weighted by Gasteiger charge is 2.47. The van der Waals surface area contributed by atoms with Crippen LogP contribution in [0.3, 0.4) is 0 Å². The van der Waals surface area contributed by atoms with Gasteiger partial charge in [0.25, 0.3) is 0 Å². The van der Waals surface area contributed by atoms with Gasteiger partial charge in [0, 0.05) is 25.7 Å². The predicted molar refractivity (Wildman–Crippen MR) is 99.5 cm³/mol. The number of benzene rings is 1. The Morgan fingerprint density at radius 3 is 2.43 bits per heavy atom. The summed E-state index contributed by atoms with van der Waals surface area (Å²) in [5.41, 5.74) is 0.307. The summed E-state index contributed by atoms with van der Waals surface area (Å²) >= 11 is 0. The molecule has 1 heterocycles. The molecule has 2 atom stereocenters. The lowest BCUT2D eigenvalue weighted by molar-refractivity contribution is -0.141. The van der Waals surface area contributed by atoms with Crippen LogP contribution in [-0.2, 0) is 19.2 Å². The second-order valence-corrected chi connectivity index (χ2v) is 7.38. The maximum absolute atomic E-state index is 13.2. The molecular formula is C20H24FN3O4. The molecule has 2 fully saturated rings.